The highest BCUT2D eigenvalue weighted by Gasteiger charge is 2.57. The maximum Gasteiger partial charge on any atom is 0.538 e. The number of aliphatic imine (C=N–C) groups is 5. The van der Waals surface area contributed by atoms with Gasteiger partial charge in [0, 0.05) is 124 Å². The van der Waals surface area contributed by atoms with Gasteiger partial charge < -0.3 is 70.7 Å². The van der Waals surface area contributed by atoms with E-state index in [1.165, 1.54) is 65.5 Å². The zero-order chi connectivity index (χ0) is 97.6. The number of nitrogens with one attached hydrogen (secondary N) is 5. The fraction of sp³-hybridized carbons (Fsp3) is 0.354. The molecule has 4 aromatic carbocycles. The minimum absolute atomic E-state index is 0.0392. The van der Waals surface area contributed by atoms with Gasteiger partial charge in [0.25, 0.3) is 5.69 Å². The van der Waals surface area contributed by atoms with E-state index in [0.717, 1.165) is 56.0 Å². The summed E-state index contributed by atoms with van der Waals surface area (Å²) in [6, 6.07) is 27.5. The molecule has 10 bridgehead atoms. The number of amidine groups is 5. The summed E-state index contributed by atoms with van der Waals surface area (Å²) in [5, 5.41) is 56.5. The summed E-state index contributed by atoms with van der Waals surface area (Å²) in [6.45, 7) is 2.70. The number of non-ortho nitro benzene ring substituents is 1. The first-order valence-corrected chi connectivity index (χ1v) is 41.9. The van der Waals surface area contributed by atoms with Crippen molar-refractivity contribution < 1.29 is 97.1 Å². The van der Waals surface area contributed by atoms with Crippen molar-refractivity contribution in [1.82, 2.24) is 126 Å². The van der Waals surface area contributed by atoms with Crippen molar-refractivity contribution in [2.24, 2.45) is 77.4 Å². The van der Waals surface area contributed by atoms with Crippen molar-refractivity contribution in [1.29, 1.82) is 0 Å². The van der Waals surface area contributed by atoms with Crippen molar-refractivity contribution in [2.75, 3.05) is 75.0 Å². The van der Waals surface area contributed by atoms with Crippen LogP contribution in [-0.4, -0.2) is 273 Å². The summed E-state index contributed by atoms with van der Waals surface area (Å²) >= 11 is 0. The van der Waals surface area contributed by atoms with Gasteiger partial charge in [0.15, 0.2) is 23.3 Å². The molecule has 0 radical (unpaired) electrons. The molecule has 5 aromatic heterocycles. The summed E-state index contributed by atoms with van der Waals surface area (Å²) in [5.41, 5.74) is 37.4. The summed E-state index contributed by atoms with van der Waals surface area (Å²) < 4.78 is 13.3. The summed E-state index contributed by atoms with van der Waals surface area (Å²) in [4.78, 5) is 186. The van der Waals surface area contributed by atoms with Crippen molar-refractivity contribution in [3.8, 4) is 5.75 Å². The SMILES string of the molecule is CN=C(NO)[C@@H]1c2c(cnn2C)[C@@H]2CN1C(=O)N2OCc1ccccc1.CN=C(NOC(=O)Oc1ccc([N+](=O)[O-])cc1)[C@@H]1c2c(cnn2C)[C@@H]2CN1C(=O)N2OCc1ccccc1.CN=C(NOC(N)=O)[C@@H]1c2c(cnn2C)[C@@H]2CN1C(=O)N2C.CN=C(NOC(N)=O)[C@@H]1c2c(cnn2C)[C@@H]2CN1C(=O)N2O.CN=C(NOC(N)=O)[C@@H]1c2c(cnn2C)[C@@H]2CN1C(=O)N2OCc1ccccc1. The second-order valence-electron chi connectivity index (χ2n) is 31.6. The van der Waals surface area contributed by atoms with Crippen molar-refractivity contribution in [3.05, 3.63) is 229 Å². The molecule has 9 aromatic rings. The molecule has 55 nitrogen and oxygen atoms in total. The van der Waals surface area contributed by atoms with Crippen molar-refractivity contribution in [2.45, 2.75) is 80.2 Å². The Balaban J connectivity index is 0.000000132. The standard InChI is InChI=1S/C24H23N7O7.C18H21N7O4.C17H20N6O3.C12H17N7O3.C11H15N7O4/c1-25-22(27-38-24(33)37-17-10-8-16(9-11-17)31(34)35)21-20-18(12-26-28(20)2)19-13-29(21)23(32)30(19)36-14-15-6-4-3-5-7-15;1-20-16(22-29-17(19)26)15-14-12(8-21-23(14)2)13-9-24(15)18(27)25(13)28-10-11-6-4-3-5-7-11;1-18-16(20-25)15-14-12(8-19-21(14)2)13-9-22(15)17(24)23(13)26-10-11-6-4-3-5-7-11;1-14-10(16-22-11(13)20)9-8-6(4-15-18(8)3)7-5-19(9)12(21)17(7)2;1-13-9(15-22-10(12)19)8-7-5(3-14-16(7)2)6-4-17(8)11(20)18(6)21/h3-12,19,21H,13-14H2,1-2H3,(H,25,27);3-8,13,15H,9-10H2,1-2H3,(H2,19,26)(H,20,22);3-8,13,15,25H,9-10H2,1-2H3,(H,18,20);4,7,9H,5H2,1-3H3,(H2,13,20)(H,14,16);3,6,8,21H,4H2,1-2H3,(H2,12,19)(H,13,15)/t19-,21-;2*13-,15-;7-,9-;6-,8-/m00000/s1. The number of primary amides is 3. The first-order valence-electron chi connectivity index (χ1n) is 41.9. The molecule has 13 amide bonds. The smallest absolute Gasteiger partial charge is 0.393 e. The van der Waals surface area contributed by atoms with E-state index < -0.39 is 71.6 Å². The van der Waals surface area contributed by atoms with Gasteiger partial charge in [0.05, 0.1) is 96.6 Å². The maximum absolute atomic E-state index is 13.4. The lowest BCUT2D eigenvalue weighted by Gasteiger charge is -2.31. The number of rotatable bonds is 16. The van der Waals surface area contributed by atoms with E-state index >= 15 is 0 Å². The van der Waals surface area contributed by atoms with Crippen LogP contribution in [0.5, 0.6) is 5.75 Å². The van der Waals surface area contributed by atoms with Crippen LogP contribution in [0, 0.1) is 10.1 Å². The molecule has 13 N–H and O–H groups in total. The van der Waals surface area contributed by atoms with Gasteiger partial charge in [0.2, 0.25) is 0 Å². The third-order valence-electron chi connectivity index (χ3n) is 24.0. The average Bonchev–Trinajstić information content (AvgIpc) is 1.44. The second-order valence-corrected chi connectivity index (χ2v) is 31.6. The number of nitro groups is 1. The number of nitrogens with zero attached hydrogens (tertiary/aromatic N) is 26. The molecular weight excluding hydrogens is 1800 g/mol. The van der Waals surface area contributed by atoms with Crippen LogP contribution >= 0.6 is 0 Å². The molecule has 5 fully saturated rings. The molecule has 0 spiro atoms. The number of benzene rings is 4. The molecule has 55 heteroatoms. The van der Waals surface area contributed by atoms with Crippen LogP contribution in [0.2, 0.25) is 0 Å². The van der Waals surface area contributed by atoms with E-state index in [-0.39, 0.29) is 103 Å². The lowest BCUT2D eigenvalue weighted by atomic mass is 9.97. The van der Waals surface area contributed by atoms with Crippen LogP contribution in [0.25, 0.3) is 0 Å². The van der Waals surface area contributed by atoms with E-state index in [1.54, 1.807) is 128 Å². The number of ether oxygens (including phenoxy) is 1. The number of hydrogen-bond acceptors (Lipinski definition) is 31. The molecule has 15 heterocycles. The molecule has 0 unspecified atom stereocenters. The zero-order valence-electron chi connectivity index (χ0n) is 75.3. The van der Waals surface area contributed by atoms with E-state index in [9.17, 15) is 63.7 Å². The number of hydroxylamine groups is 13. The predicted octanol–water partition coefficient (Wildman–Crippen LogP) is 4.23. The predicted molar refractivity (Wildman–Crippen MR) is 471 cm³/mol. The topological polar surface area (TPSA) is 633 Å². The molecular formula is C82H96N34O21. The number of nitrogens with two attached hydrogens (primary N) is 3. The minimum Gasteiger partial charge on any atom is -0.393 e. The third-order valence-corrected chi connectivity index (χ3v) is 24.0. The lowest BCUT2D eigenvalue weighted by Crippen LogP contribution is -2.45. The number of fused-ring (bicyclic) bond motifs is 20. The molecule has 0 saturated carbocycles. The average molecular weight is 1890 g/mol. The summed E-state index contributed by atoms with van der Waals surface area (Å²) in [5.74, 6) is 1.26. The Hall–Kier alpha value is -17.1. The fourth-order valence-corrected chi connectivity index (χ4v) is 17.7. The summed E-state index contributed by atoms with van der Waals surface area (Å²) in [6.07, 6.45) is 4.33. The molecule has 19 rings (SSSR count). The van der Waals surface area contributed by atoms with Gasteiger partial charge in [-0.1, -0.05) is 91.0 Å². The Morgan fingerprint density at radius 2 is 0.679 bits per heavy atom. The van der Waals surface area contributed by atoms with Crippen LogP contribution in [0.15, 0.2) is 171 Å². The van der Waals surface area contributed by atoms with Crippen LogP contribution in [0.4, 0.5) is 48.8 Å². The Kier molecular flexibility index (Phi) is 27.7. The van der Waals surface area contributed by atoms with Gasteiger partial charge in [-0.2, -0.15) is 51.2 Å². The number of hydrogen-bond donors (Lipinski definition) is 10. The van der Waals surface area contributed by atoms with Crippen LogP contribution in [0.3, 0.4) is 0 Å². The molecule has 0 aliphatic carbocycles. The number of urea groups is 5. The highest BCUT2D eigenvalue weighted by atomic mass is 16.8. The third kappa shape index (κ3) is 18.4. The highest BCUT2D eigenvalue weighted by molar-refractivity contribution is 5.98. The Morgan fingerprint density at radius 1 is 0.401 bits per heavy atom. The number of carbonyl (C=O) groups excluding carboxylic acids is 9. The van der Waals surface area contributed by atoms with E-state index in [0.29, 0.717) is 60.6 Å². The first kappa shape index (κ1) is 94.6. The normalized spacial score (nSPS) is 21.2. The van der Waals surface area contributed by atoms with E-state index in [4.69, 9.17) is 46.1 Å². The highest BCUT2D eigenvalue weighted by Crippen LogP contribution is 2.50. The van der Waals surface area contributed by atoms with Gasteiger partial charge in [-0.25, -0.2) is 59.6 Å². The monoisotopic (exact) mass is 1890 g/mol. The maximum atomic E-state index is 13.4. The largest absolute Gasteiger partial charge is 0.538 e. The number of carbonyl (C=O) groups is 9. The van der Waals surface area contributed by atoms with E-state index in [2.05, 4.69) is 87.5 Å². The quantitative estimate of drug-likeness (QED) is 0.00945. The second kappa shape index (κ2) is 40.2. The number of likely N-dealkylation sites (N-methyl/N-ethyl adjacent to an activating group) is 1. The molecule has 5 saturated heterocycles. The Labute approximate surface area is 777 Å². The molecule has 137 heavy (non-hydrogen) atoms. The number of amides is 13. The fourth-order valence-electron chi connectivity index (χ4n) is 17.7. The van der Waals surface area contributed by atoms with Gasteiger partial charge >= 0.3 is 54.6 Å². The van der Waals surface area contributed by atoms with Crippen LogP contribution in [0.1, 0.15) is 133 Å². The number of nitro benzene ring substituents is 1. The summed E-state index contributed by atoms with van der Waals surface area (Å²) in [7, 11) is 18.2. The zero-order valence-corrected chi connectivity index (χ0v) is 75.3. The number of aryl methyl sites for hydroxylation is 5. The molecule has 10 aliphatic heterocycles. The minimum atomic E-state index is -1.13. The van der Waals surface area contributed by atoms with Crippen molar-refractivity contribution >= 4 is 89.5 Å². The Bertz CT molecular complexity index is 6110. The van der Waals surface area contributed by atoms with Gasteiger partial charge in [-0.05, 0) is 28.8 Å². The molecule has 10 aliphatic rings. The van der Waals surface area contributed by atoms with Crippen LogP contribution < -0.4 is 49.3 Å². The van der Waals surface area contributed by atoms with Gasteiger partial charge in [0.1, 0.15) is 85.8 Å². The van der Waals surface area contributed by atoms with Gasteiger partial charge in [-0.15, -0.1) is 0 Å². The first-order chi connectivity index (χ1) is 65.9. The molecule has 10 atom stereocenters. The lowest BCUT2D eigenvalue weighted by molar-refractivity contribution is -0.384. The van der Waals surface area contributed by atoms with Crippen LogP contribution in [-0.2, 0) is 88.9 Å². The Morgan fingerprint density at radius 3 is 0.985 bits per heavy atom. The van der Waals surface area contributed by atoms with Crippen molar-refractivity contribution in [3.63, 3.8) is 0 Å². The molecule has 720 valence electrons. The van der Waals surface area contributed by atoms with Gasteiger partial charge in [-0.3, -0.25) is 88.9 Å². The number of aromatic nitrogens is 10. The van der Waals surface area contributed by atoms with E-state index in [1.807, 2.05) is 98.0 Å².